The standard InChI is InChI=1S/C12H13ClFN5/c1-7(8-4-3-5-9(14)6-8)16-12-18-10(13)17-11(15-2)19-12/h3-7H,1-2H3,(H2,15,16,17,18,19). The van der Waals surface area contributed by atoms with Crippen LogP contribution in [0.4, 0.5) is 16.3 Å². The van der Waals surface area contributed by atoms with Crippen molar-refractivity contribution in [2.45, 2.75) is 13.0 Å². The van der Waals surface area contributed by atoms with E-state index in [1.165, 1.54) is 12.1 Å². The van der Waals surface area contributed by atoms with Crippen molar-refractivity contribution in [2.75, 3.05) is 17.7 Å². The molecule has 0 bridgehead atoms. The number of anilines is 2. The van der Waals surface area contributed by atoms with Crippen LogP contribution in [0.5, 0.6) is 0 Å². The van der Waals surface area contributed by atoms with Gasteiger partial charge in [-0.25, -0.2) is 4.39 Å². The minimum absolute atomic E-state index is 0.0910. The first-order chi connectivity index (χ1) is 9.08. The third-order valence-corrected chi connectivity index (χ3v) is 2.70. The second kappa shape index (κ2) is 5.79. The van der Waals surface area contributed by atoms with Crippen LogP contribution in [0.15, 0.2) is 24.3 Å². The fourth-order valence-corrected chi connectivity index (χ4v) is 1.74. The minimum atomic E-state index is -0.282. The summed E-state index contributed by atoms with van der Waals surface area (Å²) in [4.78, 5) is 12.0. The van der Waals surface area contributed by atoms with E-state index in [0.717, 1.165) is 5.56 Å². The van der Waals surface area contributed by atoms with Gasteiger partial charge in [-0.15, -0.1) is 0 Å². The van der Waals surface area contributed by atoms with E-state index in [1.54, 1.807) is 13.1 Å². The van der Waals surface area contributed by atoms with Gasteiger partial charge in [0.05, 0.1) is 6.04 Å². The van der Waals surface area contributed by atoms with Gasteiger partial charge in [-0.1, -0.05) is 12.1 Å². The van der Waals surface area contributed by atoms with Crippen LogP contribution in [0.2, 0.25) is 5.28 Å². The predicted molar refractivity (Wildman–Crippen MR) is 72.8 cm³/mol. The van der Waals surface area contributed by atoms with E-state index >= 15 is 0 Å². The Bertz CT molecular complexity index is 578. The molecule has 19 heavy (non-hydrogen) atoms. The average molecular weight is 282 g/mol. The molecule has 100 valence electrons. The molecule has 1 atom stereocenters. The van der Waals surface area contributed by atoms with E-state index in [2.05, 4.69) is 25.6 Å². The maximum Gasteiger partial charge on any atom is 0.229 e. The van der Waals surface area contributed by atoms with Crippen LogP contribution in [0, 0.1) is 5.82 Å². The number of benzene rings is 1. The summed E-state index contributed by atoms with van der Waals surface area (Å²) in [7, 11) is 1.69. The van der Waals surface area contributed by atoms with Gasteiger partial charge in [0.1, 0.15) is 5.82 Å². The normalized spacial score (nSPS) is 12.0. The number of aromatic nitrogens is 3. The lowest BCUT2D eigenvalue weighted by molar-refractivity contribution is 0.623. The van der Waals surface area contributed by atoms with Crippen molar-refractivity contribution in [2.24, 2.45) is 0 Å². The molecule has 2 rings (SSSR count). The fraction of sp³-hybridized carbons (Fsp3) is 0.250. The average Bonchev–Trinajstić information content (AvgIpc) is 2.38. The smallest absolute Gasteiger partial charge is 0.229 e. The van der Waals surface area contributed by atoms with Crippen molar-refractivity contribution in [1.29, 1.82) is 0 Å². The van der Waals surface area contributed by atoms with Crippen LogP contribution in [-0.4, -0.2) is 22.0 Å². The van der Waals surface area contributed by atoms with Crippen molar-refractivity contribution in [3.8, 4) is 0 Å². The molecule has 0 fully saturated rings. The van der Waals surface area contributed by atoms with Gasteiger partial charge in [-0.05, 0) is 36.2 Å². The summed E-state index contributed by atoms with van der Waals surface area (Å²) in [6.07, 6.45) is 0. The molecular formula is C12H13ClFN5. The summed E-state index contributed by atoms with van der Waals surface area (Å²) >= 11 is 5.78. The monoisotopic (exact) mass is 281 g/mol. The van der Waals surface area contributed by atoms with Gasteiger partial charge in [0.2, 0.25) is 17.2 Å². The number of nitrogens with one attached hydrogen (secondary N) is 2. The summed E-state index contributed by atoms with van der Waals surface area (Å²) in [5, 5.41) is 5.92. The number of hydrogen-bond acceptors (Lipinski definition) is 5. The molecule has 1 aromatic carbocycles. The molecule has 0 aliphatic heterocycles. The summed E-state index contributed by atoms with van der Waals surface area (Å²) in [6.45, 7) is 1.88. The molecule has 0 radical (unpaired) electrons. The number of rotatable bonds is 4. The molecule has 0 amide bonds. The molecule has 0 spiro atoms. The van der Waals surface area contributed by atoms with Crippen LogP contribution in [0.25, 0.3) is 0 Å². The van der Waals surface area contributed by atoms with E-state index in [0.29, 0.717) is 11.9 Å². The van der Waals surface area contributed by atoms with Gasteiger partial charge < -0.3 is 10.6 Å². The Balaban J connectivity index is 2.18. The van der Waals surface area contributed by atoms with Crippen molar-refractivity contribution in [3.63, 3.8) is 0 Å². The molecule has 7 heteroatoms. The Kier molecular flexibility index (Phi) is 4.11. The molecule has 1 aromatic heterocycles. The fourth-order valence-electron chi connectivity index (χ4n) is 1.58. The third kappa shape index (κ3) is 3.51. The molecule has 2 N–H and O–H groups in total. The van der Waals surface area contributed by atoms with Gasteiger partial charge in [0, 0.05) is 7.05 Å². The van der Waals surface area contributed by atoms with Crippen LogP contribution < -0.4 is 10.6 Å². The Labute approximate surface area is 115 Å². The zero-order valence-corrected chi connectivity index (χ0v) is 11.2. The SMILES string of the molecule is CNc1nc(Cl)nc(NC(C)c2cccc(F)c2)n1. The predicted octanol–water partition coefficient (Wildman–Crippen LogP) is 2.88. The third-order valence-electron chi connectivity index (χ3n) is 2.53. The second-order valence-corrected chi connectivity index (χ2v) is 4.26. The van der Waals surface area contributed by atoms with Crippen molar-refractivity contribution in [3.05, 3.63) is 40.9 Å². The van der Waals surface area contributed by atoms with Gasteiger partial charge in [0.15, 0.2) is 0 Å². The molecule has 0 aliphatic carbocycles. The molecule has 0 aliphatic rings. The largest absolute Gasteiger partial charge is 0.357 e. The van der Waals surface area contributed by atoms with Gasteiger partial charge >= 0.3 is 0 Å². The molecular weight excluding hydrogens is 269 g/mol. The second-order valence-electron chi connectivity index (χ2n) is 3.92. The highest BCUT2D eigenvalue weighted by Crippen LogP contribution is 2.19. The van der Waals surface area contributed by atoms with Crippen LogP contribution in [0.3, 0.4) is 0 Å². The molecule has 0 saturated carbocycles. The quantitative estimate of drug-likeness (QED) is 0.902. The Hall–Kier alpha value is -1.95. The van der Waals surface area contributed by atoms with Crippen molar-refractivity contribution >= 4 is 23.5 Å². The van der Waals surface area contributed by atoms with Gasteiger partial charge in [0.25, 0.3) is 0 Å². The first kappa shape index (κ1) is 13.5. The molecule has 5 nitrogen and oxygen atoms in total. The zero-order valence-electron chi connectivity index (χ0n) is 10.5. The van der Waals surface area contributed by atoms with E-state index in [-0.39, 0.29) is 17.1 Å². The van der Waals surface area contributed by atoms with E-state index in [9.17, 15) is 4.39 Å². The van der Waals surface area contributed by atoms with E-state index in [1.807, 2.05) is 13.0 Å². The van der Waals surface area contributed by atoms with Crippen LogP contribution in [0.1, 0.15) is 18.5 Å². The van der Waals surface area contributed by atoms with Crippen molar-refractivity contribution < 1.29 is 4.39 Å². The molecule has 1 unspecified atom stereocenters. The van der Waals surface area contributed by atoms with E-state index < -0.39 is 0 Å². The molecule has 2 aromatic rings. The highest BCUT2D eigenvalue weighted by Gasteiger charge is 2.10. The summed E-state index contributed by atoms with van der Waals surface area (Å²) in [5.41, 5.74) is 0.794. The maximum absolute atomic E-state index is 13.1. The molecule has 0 saturated heterocycles. The Morgan fingerprint density at radius 1 is 1.21 bits per heavy atom. The topological polar surface area (TPSA) is 62.7 Å². The first-order valence-corrected chi connectivity index (χ1v) is 6.07. The molecule has 1 heterocycles. The Morgan fingerprint density at radius 3 is 2.63 bits per heavy atom. The van der Waals surface area contributed by atoms with Crippen molar-refractivity contribution in [1.82, 2.24) is 15.0 Å². The number of nitrogens with zero attached hydrogens (tertiary/aromatic N) is 3. The van der Waals surface area contributed by atoms with E-state index in [4.69, 9.17) is 11.6 Å². The lowest BCUT2D eigenvalue weighted by Crippen LogP contribution is -2.11. The van der Waals surface area contributed by atoms with Crippen LogP contribution in [-0.2, 0) is 0 Å². The number of hydrogen-bond donors (Lipinski definition) is 2. The highest BCUT2D eigenvalue weighted by atomic mass is 35.5. The maximum atomic E-state index is 13.1. The van der Waals surface area contributed by atoms with Crippen LogP contribution >= 0.6 is 11.6 Å². The number of halogens is 2. The summed E-state index contributed by atoms with van der Waals surface area (Å²) in [6, 6.07) is 6.18. The summed E-state index contributed by atoms with van der Waals surface area (Å²) in [5.74, 6) is 0.422. The Morgan fingerprint density at radius 2 is 1.95 bits per heavy atom. The highest BCUT2D eigenvalue weighted by molar-refractivity contribution is 6.28. The van der Waals surface area contributed by atoms with Gasteiger partial charge in [-0.3, -0.25) is 0 Å². The van der Waals surface area contributed by atoms with Gasteiger partial charge in [-0.2, -0.15) is 15.0 Å². The summed E-state index contributed by atoms with van der Waals surface area (Å²) < 4.78 is 13.1. The lowest BCUT2D eigenvalue weighted by atomic mass is 10.1. The lowest BCUT2D eigenvalue weighted by Gasteiger charge is -2.14. The minimum Gasteiger partial charge on any atom is -0.357 e. The zero-order chi connectivity index (χ0) is 13.8. The first-order valence-electron chi connectivity index (χ1n) is 5.70.